The van der Waals surface area contributed by atoms with Crippen molar-refractivity contribution in [1.82, 2.24) is 9.78 Å². The van der Waals surface area contributed by atoms with Gasteiger partial charge in [0.25, 0.3) is 0 Å². The maximum absolute atomic E-state index is 12.3. The van der Waals surface area contributed by atoms with Gasteiger partial charge in [0.15, 0.2) is 5.78 Å². The molecule has 0 aliphatic heterocycles. The fourth-order valence-corrected chi connectivity index (χ4v) is 3.63. The van der Waals surface area contributed by atoms with Crippen LogP contribution in [0.2, 0.25) is 0 Å². The third kappa shape index (κ3) is 3.99. The molecule has 2 aromatic heterocycles. The third-order valence-corrected chi connectivity index (χ3v) is 5.47. The number of halogens is 1. The molecule has 27 heavy (non-hydrogen) atoms. The molecule has 0 unspecified atom stereocenters. The van der Waals surface area contributed by atoms with Crippen LogP contribution in [0.1, 0.15) is 15.2 Å². The van der Waals surface area contributed by atoms with Crippen LogP contribution in [-0.4, -0.2) is 15.6 Å². The molecule has 5 heteroatoms. The van der Waals surface area contributed by atoms with E-state index < -0.39 is 0 Å². The molecule has 0 N–H and O–H groups in total. The molecular formula is C22H15BrN2OS. The number of hydrogen-bond acceptors (Lipinski definition) is 3. The van der Waals surface area contributed by atoms with E-state index in [1.54, 1.807) is 6.08 Å². The van der Waals surface area contributed by atoms with Gasteiger partial charge in [-0.2, -0.15) is 5.10 Å². The van der Waals surface area contributed by atoms with Gasteiger partial charge in [-0.25, -0.2) is 4.68 Å². The van der Waals surface area contributed by atoms with Crippen LogP contribution in [0, 0.1) is 0 Å². The van der Waals surface area contributed by atoms with Crippen molar-refractivity contribution < 1.29 is 4.79 Å². The number of benzene rings is 2. The van der Waals surface area contributed by atoms with E-state index in [9.17, 15) is 4.79 Å². The predicted octanol–water partition coefficient (Wildman–Crippen LogP) is 6.26. The van der Waals surface area contributed by atoms with Crippen LogP contribution in [0.15, 0.2) is 88.9 Å². The highest BCUT2D eigenvalue weighted by Gasteiger charge is 2.11. The first-order valence-corrected chi connectivity index (χ1v) is 10.0. The van der Waals surface area contributed by atoms with E-state index in [0.717, 1.165) is 31.9 Å². The van der Waals surface area contributed by atoms with Crippen molar-refractivity contribution in [3.05, 3.63) is 99.3 Å². The smallest absolute Gasteiger partial charge is 0.195 e. The Labute approximate surface area is 169 Å². The molecule has 0 fully saturated rings. The number of rotatable bonds is 5. The van der Waals surface area contributed by atoms with E-state index >= 15 is 0 Å². The van der Waals surface area contributed by atoms with Crippen molar-refractivity contribution in [3.63, 3.8) is 0 Å². The fraction of sp³-hybridized carbons (Fsp3) is 0. The Hall–Kier alpha value is -2.76. The Kier molecular flexibility index (Phi) is 5.14. The van der Waals surface area contributed by atoms with E-state index in [0.29, 0.717) is 0 Å². The molecular weight excluding hydrogens is 420 g/mol. The van der Waals surface area contributed by atoms with Gasteiger partial charge in [0.1, 0.15) is 0 Å². The van der Waals surface area contributed by atoms with Crippen molar-refractivity contribution in [2.24, 2.45) is 0 Å². The van der Waals surface area contributed by atoms with E-state index in [2.05, 4.69) is 15.9 Å². The molecule has 4 aromatic rings. The first kappa shape index (κ1) is 17.6. The van der Waals surface area contributed by atoms with E-state index in [1.807, 2.05) is 89.1 Å². The van der Waals surface area contributed by atoms with E-state index in [-0.39, 0.29) is 5.78 Å². The summed E-state index contributed by atoms with van der Waals surface area (Å²) in [6.07, 6.45) is 5.40. The number of para-hydroxylation sites is 1. The normalized spacial score (nSPS) is 11.1. The van der Waals surface area contributed by atoms with Crippen molar-refractivity contribution >= 4 is 39.1 Å². The summed E-state index contributed by atoms with van der Waals surface area (Å²) in [7, 11) is 0. The predicted molar refractivity (Wildman–Crippen MR) is 114 cm³/mol. The summed E-state index contributed by atoms with van der Waals surface area (Å²) in [6.45, 7) is 0. The topological polar surface area (TPSA) is 34.9 Å². The number of hydrogen-bond donors (Lipinski definition) is 0. The first-order chi connectivity index (χ1) is 13.2. The average molecular weight is 435 g/mol. The summed E-state index contributed by atoms with van der Waals surface area (Å²) in [5.41, 5.74) is 3.70. The van der Waals surface area contributed by atoms with Crippen LogP contribution in [-0.2, 0) is 0 Å². The van der Waals surface area contributed by atoms with Crippen LogP contribution in [0.5, 0.6) is 0 Å². The lowest BCUT2D eigenvalue weighted by Gasteiger charge is -2.00. The Morgan fingerprint density at radius 3 is 2.48 bits per heavy atom. The minimum absolute atomic E-state index is 0.000725. The SMILES string of the molecule is O=C(C=Cc1cn(-c2ccccc2)nc1-c1ccc(Br)cc1)c1cccs1. The van der Waals surface area contributed by atoms with Crippen LogP contribution in [0.3, 0.4) is 0 Å². The van der Waals surface area contributed by atoms with Crippen molar-refractivity contribution in [1.29, 1.82) is 0 Å². The van der Waals surface area contributed by atoms with E-state index in [1.165, 1.54) is 11.3 Å². The summed E-state index contributed by atoms with van der Waals surface area (Å²) < 4.78 is 2.85. The van der Waals surface area contributed by atoms with Crippen molar-refractivity contribution in [2.75, 3.05) is 0 Å². The van der Waals surface area contributed by atoms with Gasteiger partial charge in [0, 0.05) is 21.8 Å². The Morgan fingerprint density at radius 2 is 1.78 bits per heavy atom. The summed E-state index contributed by atoms with van der Waals surface area (Å²) in [5, 5.41) is 6.67. The first-order valence-electron chi connectivity index (χ1n) is 8.38. The van der Waals surface area contributed by atoms with Crippen LogP contribution in [0.25, 0.3) is 23.0 Å². The van der Waals surface area contributed by atoms with Gasteiger partial charge in [0.05, 0.1) is 16.3 Å². The second-order valence-corrected chi connectivity index (χ2v) is 7.76. The van der Waals surface area contributed by atoms with Gasteiger partial charge in [-0.3, -0.25) is 4.79 Å². The zero-order valence-electron chi connectivity index (χ0n) is 14.2. The Bertz CT molecular complexity index is 1080. The lowest BCUT2D eigenvalue weighted by molar-refractivity contribution is 0.105. The molecule has 0 spiro atoms. The summed E-state index contributed by atoms with van der Waals surface area (Å²) in [6, 6.07) is 21.7. The average Bonchev–Trinajstić information content (AvgIpc) is 3.38. The number of thiophene rings is 1. The molecule has 0 saturated heterocycles. The molecule has 0 saturated carbocycles. The van der Waals surface area contributed by atoms with Gasteiger partial charge in [0.2, 0.25) is 0 Å². The zero-order chi connectivity index (χ0) is 18.6. The van der Waals surface area contributed by atoms with E-state index in [4.69, 9.17) is 5.10 Å². The molecule has 0 bridgehead atoms. The van der Waals surface area contributed by atoms with Crippen LogP contribution in [0.4, 0.5) is 0 Å². The van der Waals surface area contributed by atoms with Crippen LogP contribution >= 0.6 is 27.3 Å². The number of nitrogens with zero attached hydrogens (tertiary/aromatic N) is 2. The summed E-state index contributed by atoms with van der Waals surface area (Å²) in [4.78, 5) is 13.1. The quantitative estimate of drug-likeness (QED) is 0.274. The molecule has 0 aliphatic rings. The lowest BCUT2D eigenvalue weighted by atomic mass is 10.1. The molecule has 3 nitrogen and oxygen atoms in total. The van der Waals surface area contributed by atoms with Crippen molar-refractivity contribution in [2.45, 2.75) is 0 Å². The Balaban J connectivity index is 1.75. The highest BCUT2D eigenvalue weighted by atomic mass is 79.9. The molecule has 132 valence electrons. The monoisotopic (exact) mass is 434 g/mol. The Morgan fingerprint density at radius 1 is 1.00 bits per heavy atom. The second kappa shape index (κ2) is 7.86. The van der Waals surface area contributed by atoms with Crippen molar-refractivity contribution in [3.8, 4) is 16.9 Å². The lowest BCUT2D eigenvalue weighted by Crippen LogP contribution is -1.93. The summed E-state index contributed by atoms with van der Waals surface area (Å²) in [5.74, 6) is -0.000725. The highest BCUT2D eigenvalue weighted by molar-refractivity contribution is 9.10. The minimum atomic E-state index is -0.000725. The van der Waals surface area contributed by atoms with Gasteiger partial charge in [-0.05, 0) is 47.9 Å². The van der Waals surface area contributed by atoms with Gasteiger partial charge < -0.3 is 0 Å². The minimum Gasteiger partial charge on any atom is -0.288 e. The molecule has 2 heterocycles. The van der Waals surface area contributed by atoms with Gasteiger partial charge in [-0.1, -0.05) is 52.3 Å². The highest BCUT2D eigenvalue weighted by Crippen LogP contribution is 2.26. The number of carbonyl (C=O) groups is 1. The fourth-order valence-electron chi connectivity index (χ4n) is 2.72. The van der Waals surface area contributed by atoms with Crippen LogP contribution < -0.4 is 0 Å². The third-order valence-electron chi connectivity index (χ3n) is 4.06. The second-order valence-electron chi connectivity index (χ2n) is 5.89. The number of aromatic nitrogens is 2. The molecule has 0 amide bonds. The maximum Gasteiger partial charge on any atom is 0.195 e. The number of ketones is 1. The molecule has 0 radical (unpaired) electrons. The molecule has 4 rings (SSSR count). The number of carbonyl (C=O) groups excluding carboxylic acids is 1. The maximum atomic E-state index is 12.3. The zero-order valence-corrected chi connectivity index (χ0v) is 16.7. The number of allylic oxidation sites excluding steroid dienone is 1. The summed E-state index contributed by atoms with van der Waals surface area (Å²) >= 11 is 4.91. The standard InChI is InChI=1S/C22H15BrN2OS/c23-18-11-8-16(9-12-18)22-17(10-13-20(26)21-7-4-14-27-21)15-25(24-22)19-5-2-1-3-6-19/h1-15H. The molecule has 0 atom stereocenters. The molecule has 2 aromatic carbocycles. The van der Waals surface area contributed by atoms with Gasteiger partial charge >= 0.3 is 0 Å². The molecule has 0 aliphatic carbocycles. The van der Waals surface area contributed by atoms with Gasteiger partial charge in [-0.15, -0.1) is 11.3 Å². The largest absolute Gasteiger partial charge is 0.288 e.